The summed E-state index contributed by atoms with van der Waals surface area (Å²) in [6.45, 7) is 0. The van der Waals surface area contributed by atoms with Crippen LogP contribution in [0.15, 0.2) is 48.5 Å². The fourth-order valence-corrected chi connectivity index (χ4v) is 4.58. The Labute approximate surface area is 197 Å². The number of aromatic nitrogens is 2. The molecule has 2 aromatic carbocycles. The summed E-state index contributed by atoms with van der Waals surface area (Å²) in [5.41, 5.74) is 8.18. The second kappa shape index (κ2) is 9.94. The smallest absolute Gasteiger partial charge is 0.407 e. The van der Waals surface area contributed by atoms with E-state index in [0.29, 0.717) is 49.0 Å². The Bertz CT molecular complexity index is 1180. The normalized spacial score (nSPS) is 18.9. The second-order valence-electron chi connectivity index (χ2n) is 8.87. The number of rotatable bonds is 7. The lowest BCUT2D eigenvalue weighted by Crippen LogP contribution is -2.42. The number of aromatic amines is 1. The van der Waals surface area contributed by atoms with Gasteiger partial charge in [0.25, 0.3) is 0 Å². The van der Waals surface area contributed by atoms with E-state index in [1.807, 2.05) is 30.3 Å². The van der Waals surface area contributed by atoms with E-state index >= 15 is 0 Å². The van der Waals surface area contributed by atoms with Gasteiger partial charge in [0.2, 0.25) is 11.8 Å². The van der Waals surface area contributed by atoms with E-state index in [9.17, 15) is 19.5 Å². The highest BCUT2D eigenvalue weighted by molar-refractivity contribution is 5.96. The van der Waals surface area contributed by atoms with Gasteiger partial charge in [-0.3, -0.25) is 9.59 Å². The van der Waals surface area contributed by atoms with E-state index in [1.54, 1.807) is 25.2 Å². The van der Waals surface area contributed by atoms with Crippen molar-refractivity contribution in [3.8, 4) is 0 Å². The van der Waals surface area contributed by atoms with E-state index in [0.717, 1.165) is 11.1 Å². The van der Waals surface area contributed by atoms with Gasteiger partial charge >= 0.3 is 6.09 Å². The topological polar surface area (TPSA) is 141 Å². The van der Waals surface area contributed by atoms with Crippen LogP contribution in [0.5, 0.6) is 0 Å². The first-order valence-corrected chi connectivity index (χ1v) is 11.4. The van der Waals surface area contributed by atoms with Crippen LogP contribution < -0.4 is 11.1 Å². The molecule has 1 atom stereocenters. The number of carboxylic acid groups (broad SMARTS) is 1. The molecule has 9 nitrogen and oxygen atoms in total. The van der Waals surface area contributed by atoms with Crippen LogP contribution in [0.4, 0.5) is 4.79 Å². The average Bonchev–Trinajstić information content (AvgIpc) is 3.27. The number of H-pyrrole nitrogens is 1. The van der Waals surface area contributed by atoms with E-state index in [1.165, 1.54) is 4.90 Å². The van der Waals surface area contributed by atoms with Gasteiger partial charge in [-0.1, -0.05) is 30.3 Å². The molecule has 0 aliphatic heterocycles. The van der Waals surface area contributed by atoms with Crippen LogP contribution >= 0.6 is 0 Å². The Hall–Kier alpha value is -3.88. The van der Waals surface area contributed by atoms with Gasteiger partial charge in [0.1, 0.15) is 5.82 Å². The summed E-state index contributed by atoms with van der Waals surface area (Å²) in [4.78, 5) is 45.2. The number of fused-ring (bicyclic) bond motifs is 1. The molecule has 0 saturated heterocycles. The number of amides is 3. The highest BCUT2D eigenvalue weighted by atomic mass is 16.4. The van der Waals surface area contributed by atoms with Crippen molar-refractivity contribution in [3.63, 3.8) is 0 Å². The van der Waals surface area contributed by atoms with Gasteiger partial charge in [0, 0.05) is 24.6 Å². The molecule has 1 aromatic heterocycles. The molecule has 0 unspecified atom stereocenters. The van der Waals surface area contributed by atoms with Crippen molar-refractivity contribution in [2.45, 2.75) is 44.2 Å². The molecule has 1 aliphatic rings. The largest absolute Gasteiger partial charge is 0.465 e. The molecule has 1 heterocycles. The van der Waals surface area contributed by atoms with Crippen LogP contribution in [0.2, 0.25) is 0 Å². The fourth-order valence-electron chi connectivity index (χ4n) is 4.58. The molecule has 0 spiro atoms. The van der Waals surface area contributed by atoms with Crippen LogP contribution in [0.1, 0.15) is 53.5 Å². The molecule has 1 fully saturated rings. The molecule has 1 aliphatic carbocycles. The zero-order valence-corrected chi connectivity index (χ0v) is 19.0. The minimum absolute atomic E-state index is 0.0588. The number of carbonyl (C=O) groups is 3. The van der Waals surface area contributed by atoms with Crippen molar-refractivity contribution < 1.29 is 19.5 Å². The van der Waals surface area contributed by atoms with Crippen LogP contribution in [0, 0.1) is 5.92 Å². The zero-order valence-electron chi connectivity index (χ0n) is 19.0. The first kappa shape index (κ1) is 23.3. The summed E-state index contributed by atoms with van der Waals surface area (Å²) in [7, 11) is 1.58. The summed E-state index contributed by atoms with van der Waals surface area (Å²) < 4.78 is 0. The van der Waals surface area contributed by atoms with Crippen molar-refractivity contribution in [1.82, 2.24) is 20.2 Å². The van der Waals surface area contributed by atoms with Crippen molar-refractivity contribution in [1.29, 1.82) is 0 Å². The van der Waals surface area contributed by atoms with E-state index in [-0.39, 0.29) is 17.9 Å². The molecule has 4 rings (SSSR count). The number of nitrogens with zero attached hydrogens (tertiary/aromatic N) is 2. The SMILES string of the molecule is CN(C(=O)O)[C@H]1CC[C@H](C(=O)N[C@@H](Cc2ccccc2)c2nc3cc(C(N)=O)ccc3[nH]2)CC1. The number of nitrogens with two attached hydrogens (primary N) is 1. The number of primary amides is 1. The standard InChI is InChI=1S/C25H29N5O4/c1-30(25(33)34)18-10-7-16(8-11-18)24(32)29-21(13-15-5-3-2-4-6-15)23-27-19-12-9-17(22(26)31)14-20(19)28-23/h2-6,9,12,14,16,18,21H,7-8,10-11,13H2,1H3,(H2,26,31)(H,27,28)(H,29,32)(H,33,34)/t16-,18-,21-/m0/s1. The highest BCUT2D eigenvalue weighted by Gasteiger charge is 2.31. The van der Waals surface area contributed by atoms with Crippen molar-refractivity contribution in [2.24, 2.45) is 11.7 Å². The Morgan fingerprint density at radius 3 is 2.50 bits per heavy atom. The number of hydrogen-bond acceptors (Lipinski definition) is 4. The molecule has 9 heteroatoms. The first-order chi connectivity index (χ1) is 16.3. The van der Waals surface area contributed by atoms with Crippen LogP contribution in [0.25, 0.3) is 11.0 Å². The third-order valence-corrected chi connectivity index (χ3v) is 6.63. The van der Waals surface area contributed by atoms with Crippen molar-refractivity contribution in [2.75, 3.05) is 7.05 Å². The molecule has 5 N–H and O–H groups in total. The number of carbonyl (C=O) groups excluding carboxylic acids is 2. The van der Waals surface area contributed by atoms with Crippen LogP contribution in [-0.4, -0.2) is 51.0 Å². The van der Waals surface area contributed by atoms with Crippen LogP contribution in [-0.2, 0) is 11.2 Å². The number of benzene rings is 2. The molecule has 3 aromatic rings. The van der Waals surface area contributed by atoms with Crippen molar-refractivity contribution >= 4 is 28.9 Å². The lowest BCUT2D eigenvalue weighted by Gasteiger charge is -2.33. The monoisotopic (exact) mass is 463 g/mol. The summed E-state index contributed by atoms with van der Waals surface area (Å²) >= 11 is 0. The fraction of sp³-hybridized carbons (Fsp3) is 0.360. The predicted octanol–water partition coefficient (Wildman–Crippen LogP) is 3.23. The zero-order chi connectivity index (χ0) is 24.2. The van der Waals surface area contributed by atoms with Gasteiger partial charge in [-0.15, -0.1) is 0 Å². The maximum absolute atomic E-state index is 13.2. The third kappa shape index (κ3) is 5.19. The quantitative estimate of drug-likeness (QED) is 0.426. The molecule has 0 bridgehead atoms. The minimum atomic E-state index is -0.944. The molecule has 178 valence electrons. The third-order valence-electron chi connectivity index (χ3n) is 6.63. The lowest BCUT2D eigenvalue weighted by molar-refractivity contribution is -0.127. The number of imidazole rings is 1. The average molecular weight is 464 g/mol. The molecule has 3 amide bonds. The maximum atomic E-state index is 13.2. The van der Waals surface area contributed by atoms with Gasteiger partial charge in [-0.05, 0) is 55.9 Å². The Morgan fingerprint density at radius 1 is 1.15 bits per heavy atom. The van der Waals surface area contributed by atoms with E-state index in [2.05, 4.69) is 15.3 Å². The maximum Gasteiger partial charge on any atom is 0.407 e. The van der Waals surface area contributed by atoms with E-state index in [4.69, 9.17) is 5.73 Å². The second-order valence-corrected chi connectivity index (χ2v) is 8.87. The van der Waals surface area contributed by atoms with Gasteiger partial charge in [0.05, 0.1) is 17.1 Å². The summed E-state index contributed by atoms with van der Waals surface area (Å²) in [5.74, 6) is -0.156. The van der Waals surface area contributed by atoms with Crippen molar-refractivity contribution in [3.05, 3.63) is 65.5 Å². The van der Waals surface area contributed by atoms with Crippen LogP contribution in [0.3, 0.4) is 0 Å². The summed E-state index contributed by atoms with van der Waals surface area (Å²) in [5, 5.41) is 12.4. The molecule has 0 radical (unpaired) electrons. The first-order valence-electron chi connectivity index (χ1n) is 11.4. The van der Waals surface area contributed by atoms with Gasteiger partial charge in [-0.25, -0.2) is 9.78 Å². The molecular formula is C25H29N5O4. The highest BCUT2D eigenvalue weighted by Crippen LogP contribution is 2.29. The lowest BCUT2D eigenvalue weighted by atomic mass is 9.84. The molecule has 1 saturated carbocycles. The minimum Gasteiger partial charge on any atom is -0.465 e. The summed E-state index contributed by atoms with van der Waals surface area (Å²) in [6.07, 6.45) is 2.18. The number of nitrogens with one attached hydrogen (secondary N) is 2. The van der Waals surface area contributed by atoms with Gasteiger partial charge < -0.3 is 26.0 Å². The Balaban J connectivity index is 1.52. The molecular weight excluding hydrogens is 434 g/mol. The molecule has 34 heavy (non-hydrogen) atoms. The Morgan fingerprint density at radius 2 is 1.85 bits per heavy atom. The Kier molecular flexibility index (Phi) is 6.81. The predicted molar refractivity (Wildman–Crippen MR) is 127 cm³/mol. The van der Waals surface area contributed by atoms with E-state index < -0.39 is 18.0 Å². The van der Waals surface area contributed by atoms with Gasteiger partial charge in [-0.2, -0.15) is 0 Å². The number of hydrogen-bond donors (Lipinski definition) is 4. The van der Waals surface area contributed by atoms with Gasteiger partial charge in [0.15, 0.2) is 0 Å². The summed E-state index contributed by atoms with van der Waals surface area (Å²) in [6, 6.07) is 14.4.